The predicted molar refractivity (Wildman–Crippen MR) is 141 cm³/mol. The number of nitriles is 2. The molecule has 0 aliphatic carbocycles. The zero-order valence-corrected chi connectivity index (χ0v) is 21.8. The summed E-state index contributed by atoms with van der Waals surface area (Å²) in [4.78, 5) is 0. The second-order valence-corrected chi connectivity index (χ2v) is 8.58. The van der Waals surface area contributed by atoms with E-state index in [0.717, 1.165) is 24.3 Å². The number of benzene rings is 4. The molecule has 0 fully saturated rings. The van der Waals surface area contributed by atoms with E-state index < -0.39 is 23.4 Å². The van der Waals surface area contributed by atoms with Gasteiger partial charge in [0.25, 0.3) is 6.08 Å². The minimum absolute atomic E-state index is 0.0499. The van der Waals surface area contributed by atoms with Gasteiger partial charge in [0.05, 0.1) is 10.0 Å². The Morgan fingerprint density at radius 1 is 0.659 bits per heavy atom. The van der Waals surface area contributed by atoms with Gasteiger partial charge in [-0.05, 0) is 66.2 Å². The van der Waals surface area contributed by atoms with Crippen molar-refractivity contribution in [2.75, 3.05) is 0 Å². The van der Waals surface area contributed by atoms with Crippen LogP contribution in [0.4, 0.5) is 26.3 Å². The molecule has 12 heteroatoms. The summed E-state index contributed by atoms with van der Waals surface area (Å²) in [6, 6.07) is 22.6. The molecule has 0 bridgehead atoms. The van der Waals surface area contributed by atoms with Crippen molar-refractivity contribution >= 4 is 28.8 Å². The molecule has 0 heterocycles. The van der Waals surface area contributed by atoms with Crippen molar-refractivity contribution in [2.45, 2.75) is 6.18 Å². The summed E-state index contributed by atoms with van der Waals surface area (Å²) in [5.74, 6) is 0.625. The number of nitrogens with zero attached hydrogens (tertiary/aromatic N) is 2. The van der Waals surface area contributed by atoms with Gasteiger partial charge in [0.1, 0.15) is 57.7 Å². The van der Waals surface area contributed by atoms with E-state index in [1.807, 2.05) is 12.1 Å². The van der Waals surface area contributed by atoms with E-state index in [2.05, 4.69) is 0 Å². The highest BCUT2D eigenvalue weighted by Crippen LogP contribution is 2.38. The van der Waals surface area contributed by atoms with Crippen LogP contribution in [0, 0.1) is 28.5 Å². The van der Waals surface area contributed by atoms with E-state index in [-0.39, 0.29) is 33.5 Å². The smallest absolute Gasteiger partial charge is 0.422 e. The minimum atomic E-state index is -5.18. The van der Waals surface area contributed by atoms with Crippen LogP contribution in [-0.2, 0) is 0 Å². The Hall–Kier alpha value is -4.64. The topological polar surface area (TPSA) is 66.0 Å². The Bertz CT molecular complexity index is 1640. The Morgan fingerprint density at radius 2 is 1.07 bits per heavy atom. The van der Waals surface area contributed by atoms with Crippen molar-refractivity contribution in [3.63, 3.8) is 0 Å². The summed E-state index contributed by atoms with van der Waals surface area (Å²) in [6.45, 7) is 0. The maximum Gasteiger partial charge on any atom is 0.422 e. The third-order valence-electron chi connectivity index (χ3n) is 5.06. The average molecular weight is 607 g/mol. The number of ether oxygens (including phenoxy) is 2. The second-order valence-electron chi connectivity index (χ2n) is 7.77. The summed E-state index contributed by atoms with van der Waals surface area (Å²) < 4.78 is 86.5. The van der Waals surface area contributed by atoms with E-state index >= 15 is 0 Å². The molecule has 0 aliphatic heterocycles. The van der Waals surface area contributed by atoms with Gasteiger partial charge in [0.15, 0.2) is 0 Å². The Balaban J connectivity index is 0.000000239. The fraction of sp³-hybridized carbons (Fsp3) is 0.0345. The van der Waals surface area contributed by atoms with E-state index in [9.17, 15) is 26.3 Å². The zero-order chi connectivity index (χ0) is 30.2. The van der Waals surface area contributed by atoms with Crippen LogP contribution in [0.15, 0.2) is 91.0 Å². The molecular weight excluding hydrogens is 593 g/mol. The summed E-state index contributed by atoms with van der Waals surface area (Å²) in [5, 5.41) is 18.4. The number of alkyl halides is 3. The van der Waals surface area contributed by atoms with Crippen molar-refractivity contribution in [1.82, 2.24) is 0 Å². The molecule has 0 N–H and O–H groups in total. The van der Waals surface area contributed by atoms with Gasteiger partial charge in [-0.15, -0.1) is 0 Å². The second kappa shape index (κ2) is 13.6. The fourth-order valence-electron chi connectivity index (χ4n) is 3.22. The monoisotopic (exact) mass is 606 g/mol. The number of halogens is 8. The molecule has 4 aromatic carbocycles. The molecule has 0 radical (unpaired) electrons. The molecule has 0 saturated heterocycles. The Morgan fingerprint density at radius 3 is 1.44 bits per heavy atom. The molecule has 4 nitrogen and oxygen atoms in total. The normalized spacial score (nSPS) is 10.4. The van der Waals surface area contributed by atoms with Gasteiger partial charge >= 0.3 is 6.18 Å². The highest BCUT2D eigenvalue weighted by atomic mass is 35.5. The molecule has 0 saturated carbocycles. The van der Waals surface area contributed by atoms with Gasteiger partial charge in [-0.1, -0.05) is 47.5 Å². The summed E-state index contributed by atoms with van der Waals surface area (Å²) in [6.07, 6.45) is -8.00. The summed E-state index contributed by atoms with van der Waals surface area (Å²) >= 11 is 11.7. The molecule has 208 valence electrons. The molecule has 4 aromatic rings. The lowest BCUT2D eigenvalue weighted by Crippen LogP contribution is -2.11. The van der Waals surface area contributed by atoms with Crippen molar-refractivity contribution in [3.05, 3.63) is 124 Å². The van der Waals surface area contributed by atoms with Crippen molar-refractivity contribution in [3.8, 4) is 35.1 Å². The maximum atomic E-state index is 12.7. The zero-order valence-electron chi connectivity index (χ0n) is 20.3. The first kappa shape index (κ1) is 30.9. The maximum absolute atomic E-state index is 12.7. The molecule has 0 atom stereocenters. The lowest BCUT2D eigenvalue weighted by atomic mass is 10.1. The van der Waals surface area contributed by atoms with E-state index in [0.29, 0.717) is 16.5 Å². The van der Waals surface area contributed by atoms with Gasteiger partial charge < -0.3 is 9.47 Å². The van der Waals surface area contributed by atoms with Gasteiger partial charge in [0, 0.05) is 0 Å². The minimum Gasteiger partial charge on any atom is -0.456 e. The van der Waals surface area contributed by atoms with Crippen LogP contribution < -0.4 is 9.47 Å². The summed E-state index contributed by atoms with van der Waals surface area (Å²) in [5.41, 5.74) is -2.39. The first-order valence-electron chi connectivity index (χ1n) is 11.2. The molecule has 0 unspecified atom stereocenters. The first-order chi connectivity index (χ1) is 19.4. The number of allylic oxidation sites excluding steroid dienone is 1. The molecule has 0 amide bonds. The van der Waals surface area contributed by atoms with Crippen LogP contribution in [0.25, 0.3) is 5.57 Å². The van der Waals surface area contributed by atoms with Crippen LogP contribution in [0.5, 0.6) is 23.0 Å². The van der Waals surface area contributed by atoms with Crippen LogP contribution in [0.1, 0.15) is 16.7 Å². The van der Waals surface area contributed by atoms with E-state index in [4.69, 9.17) is 43.2 Å². The number of hydrogen-bond donors (Lipinski definition) is 0. The van der Waals surface area contributed by atoms with Gasteiger partial charge in [-0.2, -0.15) is 32.5 Å². The standard InChI is InChI=1S/C16H7ClF5NO.C13H7ClFNO/c17-12-2-1-3-13(11(12)8-23)24-10-6-4-9(5-7-10)14(15(18)19)16(20,21)22;14-12-2-1-3-13(11(12)8-16)17-10-6-4-9(15)5-7-10/h1-7H;1-7H. The lowest BCUT2D eigenvalue weighted by Gasteiger charge is -2.12. The predicted octanol–water partition coefficient (Wildman–Crippen LogP) is 10.3. The van der Waals surface area contributed by atoms with E-state index in [1.54, 1.807) is 18.2 Å². The van der Waals surface area contributed by atoms with Crippen LogP contribution in [0.2, 0.25) is 10.0 Å². The van der Waals surface area contributed by atoms with Gasteiger partial charge in [-0.3, -0.25) is 0 Å². The molecule has 4 rings (SSSR count). The molecule has 0 spiro atoms. The van der Waals surface area contributed by atoms with Crippen molar-refractivity contribution < 1.29 is 35.8 Å². The van der Waals surface area contributed by atoms with Crippen LogP contribution >= 0.6 is 23.2 Å². The van der Waals surface area contributed by atoms with Crippen LogP contribution in [0.3, 0.4) is 0 Å². The quantitative estimate of drug-likeness (QED) is 0.212. The Kier molecular flexibility index (Phi) is 10.3. The highest BCUT2D eigenvalue weighted by Gasteiger charge is 2.38. The number of hydrogen-bond acceptors (Lipinski definition) is 4. The van der Waals surface area contributed by atoms with Crippen molar-refractivity contribution in [2.24, 2.45) is 0 Å². The SMILES string of the molecule is N#Cc1c(Cl)cccc1Oc1ccc(C(=C(F)F)C(F)(F)F)cc1.N#Cc1c(Cl)cccc1Oc1ccc(F)cc1. The molecule has 0 aliphatic rings. The molecule has 41 heavy (non-hydrogen) atoms. The van der Waals surface area contributed by atoms with Crippen LogP contribution in [-0.4, -0.2) is 6.18 Å². The molecular formula is C29H14Cl2F6N2O2. The number of rotatable bonds is 5. The lowest BCUT2D eigenvalue weighted by molar-refractivity contribution is -0.0711. The van der Waals surface area contributed by atoms with Gasteiger partial charge in [0.2, 0.25) is 0 Å². The van der Waals surface area contributed by atoms with Gasteiger partial charge in [-0.25, -0.2) is 4.39 Å². The largest absolute Gasteiger partial charge is 0.456 e. The van der Waals surface area contributed by atoms with Crippen molar-refractivity contribution in [1.29, 1.82) is 10.5 Å². The third kappa shape index (κ3) is 8.18. The highest BCUT2D eigenvalue weighted by molar-refractivity contribution is 6.32. The third-order valence-corrected chi connectivity index (χ3v) is 5.69. The fourth-order valence-corrected chi connectivity index (χ4v) is 3.64. The Labute approximate surface area is 239 Å². The summed E-state index contributed by atoms with van der Waals surface area (Å²) in [7, 11) is 0. The first-order valence-corrected chi connectivity index (χ1v) is 11.9. The molecule has 0 aromatic heterocycles. The average Bonchev–Trinajstić information content (AvgIpc) is 2.91. The van der Waals surface area contributed by atoms with E-state index in [1.165, 1.54) is 42.5 Å².